The molecule has 0 radical (unpaired) electrons. The first-order valence-corrected chi connectivity index (χ1v) is 7.28. The molecule has 0 saturated heterocycles. The van der Waals surface area contributed by atoms with E-state index in [4.69, 9.17) is 0 Å². The highest BCUT2D eigenvalue weighted by atomic mass is 79.9. The summed E-state index contributed by atoms with van der Waals surface area (Å²) in [6.45, 7) is 11.0. The van der Waals surface area contributed by atoms with Gasteiger partial charge in [-0.05, 0) is 47.3 Å². The van der Waals surface area contributed by atoms with Gasteiger partial charge < -0.3 is 4.90 Å². The number of aryl methyl sites for hydroxylation is 1. The van der Waals surface area contributed by atoms with Crippen LogP contribution in [0.2, 0.25) is 0 Å². The Bertz CT molecular complexity index is 348. The molecule has 0 saturated carbocycles. The van der Waals surface area contributed by atoms with E-state index in [1.165, 1.54) is 18.4 Å². The zero-order valence-electron chi connectivity index (χ0n) is 11.3. The molecule has 3 heteroatoms. The topological polar surface area (TPSA) is 16.1 Å². The Labute approximate surface area is 114 Å². The number of halogens is 1. The summed E-state index contributed by atoms with van der Waals surface area (Å²) in [6, 6.07) is 2.14. The van der Waals surface area contributed by atoms with E-state index in [9.17, 15) is 0 Å². The van der Waals surface area contributed by atoms with Crippen molar-refractivity contribution in [3.05, 3.63) is 22.3 Å². The van der Waals surface area contributed by atoms with E-state index in [2.05, 4.69) is 59.6 Å². The second-order valence-electron chi connectivity index (χ2n) is 4.52. The largest absolute Gasteiger partial charge is 0.356 e. The maximum Gasteiger partial charge on any atom is 0.131 e. The molecule has 0 N–H and O–H groups in total. The highest BCUT2D eigenvalue weighted by Gasteiger charge is 2.13. The lowest BCUT2D eigenvalue weighted by Crippen LogP contribution is -2.30. The molecule has 0 unspecified atom stereocenters. The summed E-state index contributed by atoms with van der Waals surface area (Å²) in [5, 5.41) is 0. The second-order valence-corrected chi connectivity index (χ2v) is 5.43. The first-order chi connectivity index (χ1) is 8.12. The summed E-state index contributed by atoms with van der Waals surface area (Å²) in [7, 11) is 0. The molecule has 2 nitrogen and oxygen atoms in total. The van der Waals surface area contributed by atoms with Crippen LogP contribution in [0.15, 0.2) is 16.7 Å². The van der Waals surface area contributed by atoms with Gasteiger partial charge in [-0.3, -0.25) is 0 Å². The molecule has 17 heavy (non-hydrogen) atoms. The molecule has 0 aromatic carbocycles. The summed E-state index contributed by atoms with van der Waals surface area (Å²) in [6.07, 6.45) is 4.36. The molecular formula is C14H23BrN2. The smallest absolute Gasteiger partial charge is 0.131 e. The third kappa shape index (κ3) is 3.98. The standard InChI is InChI=1S/C14H23BrN2/c1-5-12(6-2)10-17(7-3)14-11(4)8-13(15)9-16-14/h8-9,12H,5-7,10H2,1-4H3. The van der Waals surface area contributed by atoms with Crippen LogP contribution in [0, 0.1) is 12.8 Å². The maximum absolute atomic E-state index is 4.55. The van der Waals surface area contributed by atoms with Crippen LogP contribution in [0.25, 0.3) is 0 Å². The molecule has 1 aromatic rings. The molecule has 0 aliphatic rings. The molecule has 1 heterocycles. The lowest BCUT2D eigenvalue weighted by molar-refractivity contribution is 0.484. The monoisotopic (exact) mass is 298 g/mol. The van der Waals surface area contributed by atoms with Gasteiger partial charge in [-0.1, -0.05) is 26.7 Å². The van der Waals surface area contributed by atoms with E-state index in [-0.39, 0.29) is 0 Å². The first kappa shape index (κ1) is 14.5. The molecule has 0 amide bonds. The van der Waals surface area contributed by atoms with Crippen LogP contribution in [0.4, 0.5) is 5.82 Å². The molecule has 1 rings (SSSR count). The highest BCUT2D eigenvalue weighted by molar-refractivity contribution is 9.10. The van der Waals surface area contributed by atoms with Gasteiger partial charge >= 0.3 is 0 Å². The van der Waals surface area contributed by atoms with Crippen molar-refractivity contribution in [2.75, 3.05) is 18.0 Å². The van der Waals surface area contributed by atoms with Crippen molar-refractivity contribution in [3.8, 4) is 0 Å². The second kappa shape index (κ2) is 7.00. The van der Waals surface area contributed by atoms with Crippen molar-refractivity contribution in [1.82, 2.24) is 4.98 Å². The number of nitrogens with zero attached hydrogens (tertiary/aromatic N) is 2. The van der Waals surface area contributed by atoms with E-state index in [0.29, 0.717) is 0 Å². The van der Waals surface area contributed by atoms with Crippen LogP contribution < -0.4 is 4.90 Å². The minimum atomic E-state index is 0.764. The highest BCUT2D eigenvalue weighted by Crippen LogP contribution is 2.22. The fourth-order valence-electron chi connectivity index (χ4n) is 2.09. The summed E-state index contributed by atoms with van der Waals surface area (Å²) in [4.78, 5) is 6.94. The molecular weight excluding hydrogens is 276 g/mol. The van der Waals surface area contributed by atoms with Crippen molar-refractivity contribution in [2.45, 2.75) is 40.5 Å². The Morgan fingerprint density at radius 2 is 1.94 bits per heavy atom. The number of aromatic nitrogens is 1. The predicted molar refractivity (Wildman–Crippen MR) is 78.6 cm³/mol. The normalized spacial score (nSPS) is 10.9. The molecule has 1 aromatic heterocycles. The fraction of sp³-hybridized carbons (Fsp3) is 0.643. The van der Waals surface area contributed by atoms with Gasteiger partial charge in [0.25, 0.3) is 0 Å². The minimum absolute atomic E-state index is 0.764. The van der Waals surface area contributed by atoms with E-state index in [1.807, 2.05) is 6.20 Å². The molecule has 96 valence electrons. The summed E-state index contributed by atoms with van der Waals surface area (Å²) < 4.78 is 1.05. The number of anilines is 1. The maximum atomic E-state index is 4.55. The van der Waals surface area contributed by atoms with Crippen LogP contribution >= 0.6 is 15.9 Å². The van der Waals surface area contributed by atoms with Gasteiger partial charge in [0.2, 0.25) is 0 Å². The van der Waals surface area contributed by atoms with Gasteiger partial charge in [-0.2, -0.15) is 0 Å². The Balaban J connectivity index is 2.85. The molecule has 0 aliphatic heterocycles. The Morgan fingerprint density at radius 1 is 1.29 bits per heavy atom. The van der Waals surface area contributed by atoms with Crippen LogP contribution in [0.5, 0.6) is 0 Å². The van der Waals surface area contributed by atoms with Crippen molar-refractivity contribution in [2.24, 2.45) is 5.92 Å². The van der Waals surface area contributed by atoms with Crippen LogP contribution in [0.1, 0.15) is 39.2 Å². The zero-order valence-corrected chi connectivity index (χ0v) is 12.9. The number of rotatable bonds is 6. The summed E-state index contributed by atoms with van der Waals surface area (Å²) in [5.74, 6) is 1.89. The van der Waals surface area contributed by atoms with Gasteiger partial charge in [0, 0.05) is 23.8 Å². The molecule has 0 spiro atoms. The van der Waals surface area contributed by atoms with Crippen molar-refractivity contribution in [3.63, 3.8) is 0 Å². The van der Waals surface area contributed by atoms with E-state index in [1.54, 1.807) is 0 Å². The number of hydrogen-bond donors (Lipinski definition) is 0. The molecule has 0 fully saturated rings. The lowest BCUT2D eigenvalue weighted by Gasteiger charge is -2.27. The molecule has 0 bridgehead atoms. The van der Waals surface area contributed by atoms with Crippen molar-refractivity contribution in [1.29, 1.82) is 0 Å². The quantitative estimate of drug-likeness (QED) is 0.773. The first-order valence-electron chi connectivity index (χ1n) is 6.49. The predicted octanol–water partition coefficient (Wildman–Crippen LogP) is 4.42. The number of hydrogen-bond acceptors (Lipinski definition) is 2. The summed E-state index contributed by atoms with van der Waals surface area (Å²) >= 11 is 3.46. The van der Waals surface area contributed by atoms with Crippen LogP contribution in [-0.4, -0.2) is 18.1 Å². The van der Waals surface area contributed by atoms with Gasteiger partial charge in [0.05, 0.1) is 0 Å². The average Bonchev–Trinajstić information content (AvgIpc) is 2.32. The lowest BCUT2D eigenvalue weighted by atomic mass is 10.0. The van der Waals surface area contributed by atoms with E-state index < -0.39 is 0 Å². The average molecular weight is 299 g/mol. The number of pyridine rings is 1. The van der Waals surface area contributed by atoms with Crippen molar-refractivity contribution >= 4 is 21.7 Å². The third-order valence-corrected chi connectivity index (χ3v) is 3.77. The molecule has 0 atom stereocenters. The molecule has 0 aliphatic carbocycles. The van der Waals surface area contributed by atoms with Crippen molar-refractivity contribution < 1.29 is 0 Å². The summed E-state index contributed by atoms with van der Waals surface area (Å²) in [5.41, 5.74) is 1.24. The zero-order chi connectivity index (χ0) is 12.8. The van der Waals surface area contributed by atoms with Crippen LogP contribution in [-0.2, 0) is 0 Å². The SMILES string of the molecule is CCC(CC)CN(CC)c1ncc(Br)cc1C. The van der Waals surface area contributed by atoms with E-state index in [0.717, 1.165) is 29.3 Å². The van der Waals surface area contributed by atoms with Gasteiger partial charge in [-0.15, -0.1) is 0 Å². The third-order valence-electron chi connectivity index (χ3n) is 3.33. The van der Waals surface area contributed by atoms with Gasteiger partial charge in [0.1, 0.15) is 5.82 Å². The minimum Gasteiger partial charge on any atom is -0.356 e. The van der Waals surface area contributed by atoms with E-state index >= 15 is 0 Å². The van der Waals surface area contributed by atoms with Crippen LogP contribution in [0.3, 0.4) is 0 Å². The Morgan fingerprint density at radius 3 is 2.41 bits per heavy atom. The Kier molecular flexibility index (Phi) is 5.96. The Hall–Kier alpha value is -0.570. The fourth-order valence-corrected chi connectivity index (χ4v) is 2.53. The van der Waals surface area contributed by atoms with Gasteiger partial charge in [0.15, 0.2) is 0 Å². The van der Waals surface area contributed by atoms with Gasteiger partial charge in [-0.25, -0.2) is 4.98 Å².